The van der Waals surface area contributed by atoms with E-state index in [1.54, 1.807) is 56.3 Å². The van der Waals surface area contributed by atoms with Crippen molar-refractivity contribution in [2.75, 3.05) is 10.8 Å². The number of sulfonamides is 1. The van der Waals surface area contributed by atoms with E-state index in [1.807, 2.05) is 27.7 Å². The van der Waals surface area contributed by atoms with Gasteiger partial charge in [0.05, 0.1) is 20.6 Å². The molecule has 0 radical (unpaired) electrons. The highest BCUT2D eigenvalue weighted by atomic mass is 35.5. The van der Waals surface area contributed by atoms with Gasteiger partial charge in [0.2, 0.25) is 11.8 Å². The first-order valence-corrected chi connectivity index (χ1v) is 16.0. The maximum atomic E-state index is 14.2. The molecule has 0 unspecified atom stereocenters. The molecule has 3 rings (SSSR count). The monoisotopic (exact) mass is 651 g/mol. The number of aryl methyl sites for hydroxylation is 2. The summed E-state index contributed by atoms with van der Waals surface area (Å²) >= 11 is 18.7. The van der Waals surface area contributed by atoms with Gasteiger partial charge in [0.15, 0.2) is 0 Å². The number of halogens is 3. The van der Waals surface area contributed by atoms with Gasteiger partial charge in [-0.1, -0.05) is 71.6 Å². The first-order chi connectivity index (χ1) is 19.5. The largest absolute Gasteiger partial charge is 0.350 e. The average Bonchev–Trinajstić information content (AvgIpc) is 2.89. The molecule has 1 N–H and O–H groups in total. The first-order valence-electron chi connectivity index (χ1n) is 13.4. The summed E-state index contributed by atoms with van der Waals surface area (Å²) in [4.78, 5) is 29.1. The molecule has 3 aromatic carbocycles. The van der Waals surface area contributed by atoms with Crippen LogP contribution in [0.25, 0.3) is 0 Å². The summed E-state index contributed by atoms with van der Waals surface area (Å²) in [5.74, 6) is -0.933. The van der Waals surface area contributed by atoms with E-state index in [0.29, 0.717) is 26.2 Å². The molecule has 0 heterocycles. The molecular formula is C31H36Cl3N3O4S. The van der Waals surface area contributed by atoms with Crippen LogP contribution in [0.4, 0.5) is 5.69 Å². The van der Waals surface area contributed by atoms with Crippen LogP contribution in [0.3, 0.4) is 0 Å². The minimum atomic E-state index is -4.22. The summed E-state index contributed by atoms with van der Waals surface area (Å²) in [5.41, 5.74) is 1.83. The highest BCUT2D eigenvalue weighted by Gasteiger charge is 2.35. The number of nitrogens with zero attached hydrogens (tertiary/aromatic N) is 2. The van der Waals surface area contributed by atoms with Crippen molar-refractivity contribution in [2.45, 2.75) is 71.0 Å². The van der Waals surface area contributed by atoms with E-state index in [-0.39, 0.29) is 29.5 Å². The fourth-order valence-corrected chi connectivity index (χ4v) is 6.37. The molecule has 226 valence electrons. The summed E-state index contributed by atoms with van der Waals surface area (Å²) in [6.07, 6.45) is 0.288. The van der Waals surface area contributed by atoms with Crippen LogP contribution in [-0.4, -0.2) is 43.3 Å². The summed E-state index contributed by atoms with van der Waals surface area (Å²) < 4.78 is 29.2. The smallest absolute Gasteiger partial charge is 0.264 e. The Bertz CT molecular complexity index is 1550. The molecule has 0 saturated heterocycles. The number of anilines is 1. The maximum Gasteiger partial charge on any atom is 0.264 e. The van der Waals surface area contributed by atoms with Crippen LogP contribution in [0.5, 0.6) is 0 Å². The lowest BCUT2D eigenvalue weighted by molar-refractivity contribution is -0.141. The molecular weight excluding hydrogens is 617 g/mol. The van der Waals surface area contributed by atoms with E-state index >= 15 is 0 Å². The van der Waals surface area contributed by atoms with Crippen molar-refractivity contribution < 1.29 is 18.0 Å². The molecule has 0 spiro atoms. The van der Waals surface area contributed by atoms with E-state index in [1.165, 1.54) is 23.1 Å². The van der Waals surface area contributed by atoms with E-state index in [9.17, 15) is 18.0 Å². The fraction of sp³-hybridized carbons (Fsp3) is 0.355. The number of nitrogens with one attached hydrogen (secondary N) is 1. The predicted molar refractivity (Wildman–Crippen MR) is 171 cm³/mol. The predicted octanol–water partition coefficient (Wildman–Crippen LogP) is 7.18. The van der Waals surface area contributed by atoms with Gasteiger partial charge in [-0.05, 0) is 88.6 Å². The quantitative estimate of drug-likeness (QED) is 0.251. The van der Waals surface area contributed by atoms with E-state index in [2.05, 4.69) is 5.32 Å². The van der Waals surface area contributed by atoms with Crippen molar-refractivity contribution >= 4 is 62.3 Å². The standard InChI is InChI=1S/C31H36Cl3N3O4S/c1-7-27(30(39)35-31(4,5)6)36(18-22-11-15-25(33)26(34)16-22)29(38)19-37(28-17-23(32)12-10-21(28)3)42(40,41)24-13-8-20(2)9-14-24/h8-17,27H,7,18-19H2,1-6H3,(H,35,39)/t27-/m1/s1. The molecule has 0 aromatic heterocycles. The lowest BCUT2D eigenvalue weighted by Crippen LogP contribution is -2.55. The third-order valence-electron chi connectivity index (χ3n) is 6.55. The molecule has 3 aromatic rings. The Labute approximate surface area is 263 Å². The Balaban J connectivity index is 2.13. The van der Waals surface area contributed by atoms with Crippen molar-refractivity contribution in [3.63, 3.8) is 0 Å². The number of carbonyl (C=O) groups excluding carboxylic acids is 2. The van der Waals surface area contributed by atoms with Gasteiger partial charge < -0.3 is 10.2 Å². The highest BCUT2D eigenvalue weighted by molar-refractivity contribution is 7.92. The average molecular weight is 653 g/mol. The van der Waals surface area contributed by atoms with Crippen molar-refractivity contribution in [1.82, 2.24) is 10.2 Å². The fourth-order valence-electron chi connectivity index (χ4n) is 4.41. The second-order valence-electron chi connectivity index (χ2n) is 11.2. The van der Waals surface area contributed by atoms with Gasteiger partial charge in [0, 0.05) is 17.1 Å². The van der Waals surface area contributed by atoms with Crippen molar-refractivity contribution in [1.29, 1.82) is 0 Å². The van der Waals surface area contributed by atoms with Crippen molar-refractivity contribution in [2.24, 2.45) is 0 Å². The molecule has 1 atom stereocenters. The zero-order chi connectivity index (χ0) is 31.4. The Hall–Kier alpha value is -2.78. The van der Waals surface area contributed by atoms with Gasteiger partial charge in [-0.3, -0.25) is 13.9 Å². The third kappa shape index (κ3) is 8.40. The van der Waals surface area contributed by atoms with Crippen LogP contribution >= 0.6 is 34.8 Å². The molecule has 2 amide bonds. The summed E-state index contributed by atoms with van der Waals surface area (Å²) in [7, 11) is -4.22. The molecule has 7 nitrogen and oxygen atoms in total. The van der Waals surface area contributed by atoms with Crippen LogP contribution in [0.2, 0.25) is 15.1 Å². The topological polar surface area (TPSA) is 86.8 Å². The molecule has 0 bridgehead atoms. The minimum absolute atomic E-state index is 0.00125. The first kappa shape index (κ1) is 33.7. The summed E-state index contributed by atoms with van der Waals surface area (Å²) in [6.45, 7) is 10.4. The van der Waals surface area contributed by atoms with E-state index in [4.69, 9.17) is 34.8 Å². The second kappa shape index (κ2) is 13.7. The molecule has 0 aliphatic carbocycles. The van der Waals surface area contributed by atoms with Gasteiger partial charge >= 0.3 is 0 Å². The molecule has 0 saturated carbocycles. The van der Waals surface area contributed by atoms with Gasteiger partial charge in [-0.25, -0.2) is 8.42 Å². The molecule has 42 heavy (non-hydrogen) atoms. The summed E-state index contributed by atoms with van der Waals surface area (Å²) in [5, 5.41) is 3.91. The zero-order valence-electron chi connectivity index (χ0n) is 24.5. The van der Waals surface area contributed by atoms with E-state index in [0.717, 1.165) is 9.87 Å². The van der Waals surface area contributed by atoms with Crippen LogP contribution in [0.15, 0.2) is 65.6 Å². The highest BCUT2D eigenvalue weighted by Crippen LogP contribution is 2.31. The van der Waals surface area contributed by atoms with Gasteiger partial charge in [0.1, 0.15) is 12.6 Å². The Morgan fingerprint density at radius 2 is 1.55 bits per heavy atom. The third-order valence-corrected chi connectivity index (χ3v) is 9.30. The minimum Gasteiger partial charge on any atom is -0.350 e. The number of hydrogen-bond donors (Lipinski definition) is 1. The lowest BCUT2D eigenvalue weighted by atomic mass is 10.1. The van der Waals surface area contributed by atoms with Crippen molar-refractivity contribution in [3.8, 4) is 0 Å². The van der Waals surface area contributed by atoms with Crippen LogP contribution in [0, 0.1) is 13.8 Å². The Morgan fingerprint density at radius 1 is 0.905 bits per heavy atom. The van der Waals surface area contributed by atoms with Gasteiger partial charge in [0.25, 0.3) is 10.0 Å². The van der Waals surface area contributed by atoms with Crippen LogP contribution < -0.4 is 9.62 Å². The number of carbonyl (C=O) groups is 2. The molecule has 0 aliphatic heterocycles. The van der Waals surface area contributed by atoms with Crippen LogP contribution in [-0.2, 0) is 26.2 Å². The number of benzene rings is 3. The van der Waals surface area contributed by atoms with Crippen molar-refractivity contribution in [3.05, 3.63) is 92.4 Å². The Morgan fingerprint density at radius 3 is 2.12 bits per heavy atom. The second-order valence-corrected chi connectivity index (χ2v) is 14.3. The lowest BCUT2D eigenvalue weighted by Gasteiger charge is -2.35. The van der Waals surface area contributed by atoms with E-state index < -0.39 is 34.1 Å². The molecule has 11 heteroatoms. The number of amides is 2. The molecule has 0 aliphatic rings. The summed E-state index contributed by atoms with van der Waals surface area (Å²) in [6, 6.07) is 15.3. The molecule has 0 fully saturated rings. The normalized spacial score (nSPS) is 12.5. The van der Waals surface area contributed by atoms with Gasteiger partial charge in [-0.15, -0.1) is 0 Å². The number of hydrogen-bond acceptors (Lipinski definition) is 4. The SMILES string of the molecule is CC[C@H](C(=O)NC(C)(C)C)N(Cc1ccc(Cl)c(Cl)c1)C(=O)CN(c1cc(Cl)ccc1C)S(=O)(=O)c1ccc(C)cc1. The van der Waals surface area contributed by atoms with Gasteiger partial charge in [-0.2, -0.15) is 0 Å². The maximum absolute atomic E-state index is 14.2. The van der Waals surface area contributed by atoms with Crippen LogP contribution in [0.1, 0.15) is 50.8 Å². The Kier molecular flexibility index (Phi) is 11.0. The number of rotatable bonds is 10. The zero-order valence-corrected chi connectivity index (χ0v) is 27.6.